The molecule has 1 aromatic rings. The predicted octanol–water partition coefficient (Wildman–Crippen LogP) is 1.35. The van der Waals surface area contributed by atoms with E-state index in [4.69, 9.17) is 18.9 Å². The highest BCUT2D eigenvalue weighted by Crippen LogP contribution is 2.28. The summed E-state index contributed by atoms with van der Waals surface area (Å²) in [6.45, 7) is 3.27. The fraction of sp³-hybridized carbons (Fsp3) is 0.600. The van der Waals surface area contributed by atoms with E-state index in [0.29, 0.717) is 24.9 Å². The molecule has 0 aliphatic carbocycles. The number of epoxide rings is 3. The molecule has 3 aliphatic rings. The van der Waals surface area contributed by atoms with Crippen LogP contribution in [0.4, 0.5) is 0 Å². The van der Waals surface area contributed by atoms with E-state index in [1.165, 1.54) is 11.1 Å². The number of ether oxygens (including phenoxy) is 4. The van der Waals surface area contributed by atoms with E-state index in [1.54, 1.807) is 0 Å². The highest BCUT2D eigenvalue weighted by molar-refractivity contribution is 5.38. The summed E-state index contributed by atoms with van der Waals surface area (Å²) in [5.74, 6) is 0.978. The Hall–Kier alpha value is -1.10. The fourth-order valence-electron chi connectivity index (χ4n) is 2.29. The second kappa shape index (κ2) is 4.78. The zero-order valence-corrected chi connectivity index (χ0v) is 10.8. The Kier molecular flexibility index (Phi) is 2.94. The normalized spacial score (nSPS) is 31.1. The summed E-state index contributed by atoms with van der Waals surface area (Å²) in [5.41, 5.74) is 2.58. The second-order valence-corrected chi connectivity index (χ2v) is 5.53. The fourth-order valence-corrected chi connectivity index (χ4v) is 2.29. The lowest BCUT2D eigenvalue weighted by Gasteiger charge is -2.12. The lowest BCUT2D eigenvalue weighted by atomic mass is 10.0. The highest BCUT2D eigenvalue weighted by Gasteiger charge is 2.27. The van der Waals surface area contributed by atoms with Gasteiger partial charge in [-0.2, -0.15) is 0 Å². The van der Waals surface area contributed by atoms with Crippen LogP contribution >= 0.6 is 0 Å². The minimum absolute atomic E-state index is 0.296. The van der Waals surface area contributed by atoms with E-state index in [0.717, 1.165) is 38.4 Å². The van der Waals surface area contributed by atoms with Crippen LogP contribution in [0.25, 0.3) is 0 Å². The second-order valence-electron chi connectivity index (χ2n) is 5.53. The minimum atomic E-state index is 0.296. The van der Waals surface area contributed by atoms with E-state index in [1.807, 2.05) is 0 Å². The number of benzene rings is 1. The van der Waals surface area contributed by atoms with Crippen LogP contribution in [0, 0.1) is 0 Å². The van der Waals surface area contributed by atoms with Crippen LogP contribution in [0.1, 0.15) is 11.1 Å². The lowest BCUT2D eigenvalue weighted by Crippen LogP contribution is -2.07. The summed E-state index contributed by atoms with van der Waals surface area (Å²) in [5, 5.41) is 0. The third-order valence-electron chi connectivity index (χ3n) is 3.67. The summed E-state index contributed by atoms with van der Waals surface area (Å²) >= 11 is 0. The molecule has 0 spiro atoms. The zero-order valence-electron chi connectivity index (χ0n) is 10.8. The van der Waals surface area contributed by atoms with Gasteiger partial charge in [0.25, 0.3) is 0 Å². The smallest absolute Gasteiger partial charge is 0.122 e. The van der Waals surface area contributed by atoms with Crippen molar-refractivity contribution in [2.75, 3.05) is 26.4 Å². The SMILES string of the molecule is c1cc(OCC2CO2)c(CC2CO2)cc1CC1CO1. The zero-order chi connectivity index (χ0) is 12.7. The van der Waals surface area contributed by atoms with Gasteiger partial charge in [-0.3, -0.25) is 0 Å². The van der Waals surface area contributed by atoms with Crippen molar-refractivity contribution >= 4 is 0 Å². The van der Waals surface area contributed by atoms with Gasteiger partial charge in [0.15, 0.2) is 0 Å². The van der Waals surface area contributed by atoms with Gasteiger partial charge in [-0.1, -0.05) is 12.1 Å². The van der Waals surface area contributed by atoms with E-state index >= 15 is 0 Å². The van der Waals surface area contributed by atoms with E-state index in [2.05, 4.69) is 18.2 Å². The van der Waals surface area contributed by atoms with Crippen molar-refractivity contribution < 1.29 is 18.9 Å². The molecule has 0 N–H and O–H groups in total. The van der Waals surface area contributed by atoms with Crippen molar-refractivity contribution in [2.24, 2.45) is 0 Å². The van der Waals surface area contributed by atoms with E-state index in [-0.39, 0.29) is 0 Å². The molecule has 3 saturated heterocycles. The maximum Gasteiger partial charge on any atom is 0.122 e. The molecule has 3 heterocycles. The minimum Gasteiger partial charge on any atom is -0.491 e. The molecule has 3 fully saturated rings. The molecule has 0 aromatic heterocycles. The predicted molar refractivity (Wildman–Crippen MR) is 68.6 cm³/mol. The van der Waals surface area contributed by atoms with Gasteiger partial charge in [0.05, 0.1) is 32.0 Å². The van der Waals surface area contributed by atoms with Crippen molar-refractivity contribution in [3.8, 4) is 5.75 Å². The summed E-state index contributed by atoms with van der Waals surface area (Å²) in [7, 11) is 0. The van der Waals surface area contributed by atoms with E-state index < -0.39 is 0 Å². The third kappa shape index (κ3) is 3.26. The summed E-state index contributed by atoms with van der Waals surface area (Å²) in [4.78, 5) is 0. The maximum atomic E-state index is 5.85. The lowest BCUT2D eigenvalue weighted by molar-refractivity contribution is 0.260. The molecule has 19 heavy (non-hydrogen) atoms. The Labute approximate surface area is 112 Å². The molecule has 0 bridgehead atoms. The Morgan fingerprint density at radius 3 is 2.32 bits per heavy atom. The molecule has 3 unspecified atom stereocenters. The average molecular weight is 262 g/mol. The van der Waals surface area contributed by atoms with Crippen LogP contribution in [0.15, 0.2) is 18.2 Å². The Balaban J connectivity index is 1.48. The molecule has 4 rings (SSSR count). The quantitative estimate of drug-likeness (QED) is 0.696. The molecule has 102 valence electrons. The highest BCUT2D eigenvalue weighted by atomic mass is 16.6. The van der Waals surface area contributed by atoms with Crippen LogP contribution in [-0.4, -0.2) is 44.7 Å². The maximum absolute atomic E-state index is 5.85. The molecule has 1 aromatic carbocycles. The van der Waals surface area contributed by atoms with Crippen molar-refractivity contribution in [3.05, 3.63) is 29.3 Å². The van der Waals surface area contributed by atoms with E-state index in [9.17, 15) is 0 Å². The largest absolute Gasteiger partial charge is 0.491 e. The molecular formula is C15H18O4. The Bertz CT molecular complexity index is 461. The Morgan fingerprint density at radius 2 is 1.63 bits per heavy atom. The van der Waals surface area contributed by atoms with Crippen LogP contribution in [0.5, 0.6) is 5.75 Å². The molecule has 3 atom stereocenters. The van der Waals surface area contributed by atoms with Gasteiger partial charge in [0.1, 0.15) is 18.5 Å². The molecule has 0 radical (unpaired) electrons. The first-order valence-electron chi connectivity index (χ1n) is 6.96. The summed E-state index contributed by atoms with van der Waals surface area (Å²) in [6.07, 6.45) is 3.05. The van der Waals surface area contributed by atoms with Gasteiger partial charge in [-0.25, -0.2) is 0 Å². The Morgan fingerprint density at radius 1 is 0.947 bits per heavy atom. The van der Waals surface area contributed by atoms with Gasteiger partial charge in [0.2, 0.25) is 0 Å². The first-order chi connectivity index (χ1) is 9.37. The van der Waals surface area contributed by atoms with Gasteiger partial charge in [0, 0.05) is 12.8 Å². The molecular weight excluding hydrogens is 244 g/mol. The van der Waals surface area contributed by atoms with Crippen LogP contribution < -0.4 is 4.74 Å². The van der Waals surface area contributed by atoms with Crippen LogP contribution in [0.3, 0.4) is 0 Å². The topological polar surface area (TPSA) is 46.8 Å². The summed E-state index contributed by atoms with van der Waals surface area (Å²) < 4.78 is 21.7. The first kappa shape index (κ1) is 11.7. The third-order valence-corrected chi connectivity index (χ3v) is 3.67. The van der Waals surface area contributed by atoms with Crippen LogP contribution in [-0.2, 0) is 27.1 Å². The average Bonchev–Trinajstić information content (AvgIpc) is 3.24. The van der Waals surface area contributed by atoms with Crippen molar-refractivity contribution in [2.45, 2.75) is 31.2 Å². The monoisotopic (exact) mass is 262 g/mol. The number of hydrogen-bond acceptors (Lipinski definition) is 4. The summed E-state index contributed by atoms with van der Waals surface area (Å²) in [6, 6.07) is 6.46. The van der Waals surface area contributed by atoms with Gasteiger partial charge >= 0.3 is 0 Å². The molecule has 0 saturated carbocycles. The van der Waals surface area contributed by atoms with Gasteiger partial charge in [-0.05, 0) is 17.2 Å². The van der Waals surface area contributed by atoms with Crippen molar-refractivity contribution in [1.29, 1.82) is 0 Å². The molecule has 0 amide bonds. The van der Waals surface area contributed by atoms with Crippen molar-refractivity contribution in [3.63, 3.8) is 0 Å². The van der Waals surface area contributed by atoms with Crippen LogP contribution in [0.2, 0.25) is 0 Å². The molecule has 3 aliphatic heterocycles. The number of hydrogen-bond donors (Lipinski definition) is 0. The number of rotatable bonds is 7. The molecule has 4 heteroatoms. The van der Waals surface area contributed by atoms with Gasteiger partial charge < -0.3 is 18.9 Å². The van der Waals surface area contributed by atoms with Gasteiger partial charge in [-0.15, -0.1) is 0 Å². The molecule has 4 nitrogen and oxygen atoms in total. The first-order valence-corrected chi connectivity index (χ1v) is 6.96. The standard InChI is InChI=1S/C15H18O4/c1-2-15(19-9-14-8-18-14)11(5-13-7-17-13)3-10(1)4-12-6-16-12/h1-3,12-14H,4-9H2. The van der Waals surface area contributed by atoms with Crippen molar-refractivity contribution in [1.82, 2.24) is 0 Å².